The summed E-state index contributed by atoms with van der Waals surface area (Å²) in [6, 6.07) is 10.2. The number of carbonyl (C=O) groups excluding carboxylic acids is 1. The Bertz CT molecular complexity index is 935. The van der Waals surface area contributed by atoms with Gasteiger partial charge < -0.3 is 10.1 Å². The molecule has 28 heavy (non-hydrogen) atoms. The molecule has 2 atom stereocenters. The first kappa shape index (κ1) is 21.4. The lowest BCUT2D eigenvalue weighted by Crippen LogP contribution is -2.48. The SMILES string of the molecule is C[C@H]1CN(S(=O)(=O)c2cccc(C(=O)NCCc3ccc(Br)s3)c2)C[C@H](C)O1. The van der Waals surface area contributed by atoms with Crippen LogP contribution in [0.5, 0.6) is 0 Å². The van der Waals surface area contributed by atoms with E-state index in [1.165, 1.54) is 21.3 Å². The number of sulfonamides is 1. The van der Waals surface area contributed by atoms with Crippen molar-refractivity contribution in [1.82, 2.24) is 9.62 Å². The number of thiophene rings is 1. The highest BCUT2D eigenvalue weighted by molar-refractivity contribution is 9.11. The van der Waals surface area contributed by atoms with Crippen molar-refractivity contribution in [3.05, 3.63) is 50.6 Å². The van der Waals surface area contributed by atoms with Gasteiger partial charge in [0.15, 0.2) is 0 Å². The molecule has 3 rings (SSSR count). The van der Waals surface area contributed by atoms with Gasteiger partial charge in [-0.2, -0.15) is 4.31 Å². The number of hydrogen-bond donors (Lipinski definition) is 1. The van der Waals surface area contributed by atoms with Crippen LogP contribution < -0.4 is 5.32 Å². The molecule has 9 heteroatoms. The molecule has 0 spiro atoms. The number of nitrogens with zero attached hydrogens (tertiary/aromatic N) is 1. The lowest BCUT2D eigenvalue weighted by Gasteiger charge is -2.34. The lowest BCUT2D eigenvalue weighted by molar-refractivity contribution is -0.0440. The van der Waals surface area contributed by atoms with Crippen LogP contribution in [0, 0.1) is 0 Å². The van der Waals surface area contributed by atoms with E-state index in [9.17, 15) is 13.2 Å². The van der Waals surface area contributed by atoms with Gasteiger partial charge >= 0.3 is 0 Å². The van der Waals surface area contributed by atoms with E-state index in [1.807, 2.05) is 26.0 Å². The second-order valence-electron chi connectivity index (χ2n) is 6.82. The Morgan fingerprint density at radius 3 is 2.61 bits per heavy atom. The Balaban J connectivity index is 1.67. The second-order valence-corrected chi connectivity index (χ2v) is 11.3. The number of hydrogen-bond acceptors (Lipinski definition) is 5. The molecule has 0 unspecified atom stereocenters. The molecule has 6 nitrogen and oxygen atoms in total. The van der Waals surface area contributed by atoms with Crippen molar-refractivity contribution in [2.45, 2.75) is 37.4 Å². The van der Waals surface area contributed by atoms with Gasteiger partial charge in [-0.3, -0.25) is 4.79 Å². The molecular weight excluding hydrogens is 464 g/mol. The molecule has 1 amide bonds. The van der Waals surface area contributed by atoms with Crippen molar-refractivity contribution in [1.29, 1.82) is 0 Å². The Labute approximate surface area is 178 Å². The number of carbonyl (C=O) groups is 1. The van der Waals surface area contributed by atoms with Gasteiger partial charge in [0.05, 0.1) is 20.9 Å². The first-order valence-corrected chi connectivity index (χ1v) is 12.1. The largest absolute Gasteiger partial charge is 0.373 e. The fraction of sp³-hybridized carbons (Fsp3) is 0.421. The summed E-state index contributed by atoms with van der Waals surface area (Å²) in [4.78, 5) is 13.7. The van der Waals surface area contributed by atoms with Crippen LogP contribution in [0.4, 0.5) is 0 Å². The number of ether oxygens (including phenoxy) is 1. The van der Waals surface area contributed by atoms with Crippen LogP contribution in [-0.2, 0) is 21.2 Å². The monoisotopic (exact) mass is 486 g/mol. The Kier molecular flexibility index (Phi) is 6.93. The van der Waals surface area contributed by atoms with E-state index in [0.717, 1.165) is 10.2 Å². The molecule has 152 valence electrons. The van der Waals surface area contributed by atoms with E-state index in [-0.39, 0.29) is 23.0 Å². The average Bonchev–Trinajstić information content (AvgIpc) is 3.06. The predicted octanol–water partition coefficient (Wildman–Crippen LogP) is 3.28. The Hall–Kier alpha value is -1.26. The minimum atomic E-state index is -3.67. The lowest BCUT2D eigenvalue weighted by atomic mass is 10.2. The van der Waals surface area contributed by atoms with Gasteiger partial charge in [-0.25, -0.2) is 8.42 Å². The molecule has 1 aliphatic heterocycles. The number of amides is 1. The van der Waals surface area contributed by atoms with Crippen molar-refractivity contribution in [2.75, 3.05) is 19.6 Å². The Morgan fingerprint density at radius 2 is 1.96 bits per heavy atom. The number of halogens is 1. The number of rotatable bonds is 6. The molecule has 2 aromatic rings. The van der Waals surface area contributed by atoms with Crippen LogP contribution in [0.1, 0.15) is 29.1 Å². The van der Waals surface area contributed by atoms with Crippen LogP contribution in [-0.4, -0.2) is 50.5 Å². The average molecular weight is 487 g/mol. The number of nitrogens with one attached hydrogen (secondary N) is 1. The molecule has 0 bridgehead atoms. The molecule has 1 N–H and O–H groups in total. The van der Waals surface area contributed by atoms with Crippen molar-refractivity contribution in [3.63, 3.8) is 0 Å². The van der Waals surface area contributed by atoms with Crippen molar-refractivity contribution in [2.24, 2.45) is 0 Å². The highest BCUT2D eigenvalue weighted by Gasteiger charge is 2.32. The second kappa shape index (κ2) is 9.04. The summed E-state index contributed by atoms with van der Waals surface area (Å²) in [5.74, 6) is -0.281. The van der Waals surface area contributed by atoms with Gasteiger partial charge in [-0.05, 0) is 66.5 Å². The highest BCUT2D eigenvalue weighted by atomic mass is 79.9. The zero-order valence-electron chi connectivity index (χ0n) is 15.7. The Morgan fingerprint density at radius 1 is 1.25 bits per heavy atom. The van der Waals surface area contributed by atoms with E-state index in [1.54, 1.807) is 23.5 Å². The third-order valence-corrected chi connectivity index (χ3v) is 7.92. The predicted molar refractivity (Wildman–Crippen MR) is 113 cm³/mol. The van der Waals surface area contributed by atoms with Crippen LogP contribution in [0.3, 0.4) is 0 Å². The van der Waals surface area contributed by atoms with E-state index in [2.05, 4.69) is 21.2 Å². The fourth-order valence-corrected chi connectivity index (χ4v) is 6.28. The molecule has 0 aliphatic carbocycles. The minimum Gasteiger partial charge on any atom is -0.373 e. The maximum atomic E-state index is 13.0. The smallest absolute Gasteiger partial charge is 0.251 e. The van der Waals surface area contributed by atoms with Gasteiger partial charge in [0, 0.05) is 30.1 Å². The van der Waals surface area contributed by atoms with Gasteiger partial charge in [0.2, 0.25) is 10.0 Å². The summed E-state index contributed by atoms with van der Waals surface area (Å²) in [5.41, 5.74) is 0.336. The maximum Gasteiger partial charge on any atom is 0.251 e. The molecule has 0 radical (unpaired) electrons. The van der Waals surface area contributed by atoms with Crippen LogP contribution in [0.15, 0.2) is 45.1 Å². The molecule has 0 saturated carbocycles. The quantitative estimate of drug-likeness (QED) is 0.679. The minimum absolute atomic E-state index is 0.128. The summed E-state index contributed by atoms with van der Waals surface area (Å²) >= 11 is 5.05. The summed E-state index contributed by atoms with van der Waals surface area (Å²) in [6.45, 7) is 4.81. The van der Waals surface area contributed by atoms with Gasteiger partial charge in [0.25, 0.3) is 5.91 Å². The first-order chi connectivity index (χ1) is 13.3. The van der Waals surface area contributed by atoms with Gasteiger partial charge in [-0.15, -0.1) is 11.3 Å². The first-order valence-electron chi connectivity index (χ1n) is 9.04. The standard InChI is InChI=1S/C19H23BrN2O4S2/c1-13-11-22(12-14(2)26-13)28(24,25)17-5-3-4-15(10-17)19(23)21-9-8-16-6-7-18(20)27-16/h3-7,10,13-14H,8-9,11-12H2,1-2H3,(H,21,23)/t13-,14-/m0/s1. The number of benzene rings is 1. The van der Waals surface area contributed by atoms with Crippen molar-refractivity contribution < 1.29 is 17.9 Å². The normalized spacial score (nSPS) is 20.8. The molecule has 1 fully saturated rings. The van der Waals surface area contributed by atoms with Crippen molar-refractivity contribution in [3.8, 4) is 0 Å². The summed E-state index contributed by atoms with van der Waals surface area (Å²) < 4.78 is 34.1. The third kappa shape index (κ3) is 5.21. The van der Waals surface area contributed by atoms with E-state index < -0.39 is 10.0 Å². The third-order valence-electron chi connectivity index (χ3n) is 4.41. The summed E-state index contributed by atoms with van der Waals surface area (Å²) in [5, 5.41) is 2.85. The fourth-order valence-electron chi connectivity index (χ4n) is 3.16. The zero-order chi connectivity index (χ0) is 20.3. The van der Waals surface area contributed by atoms with Crippen LogP contribution in [0.2, 0.25) is 0 Å². The number of morpholine rings is 1. The van der Waals surface area contributed by atoms with Gasteiger partial charge in [-0.1, -0.05) is 6.07 Å². The van der Waals surface area contributed by atoms with Crippen LogP contribution >= 0.6 is 27.3 Å². The van der Waals surface area contributed by atoms with Crippen molar-refractivity contribution >= 4 is 43.2 Å². The molecule has 1 saturated heterocycles. The topological polar surface area (TPSA) is 75.7 Å². The molecule has 1 aromatic carbocycles. The maximum absolute atomic E-state index is 13.0. The molecule has 1 aromatic heterocycles. The summed E-state index contributed by atoms with van der Waals surface area (Å²) in [7, 11) is -3.67. The van der Waals surface area contributed by atoms with E-state index >= 15 is 0 Å². The van der Waals surface area contributed by atoms with Gasteiger partial charge in [0.1, 0.15) is 0 Å². The zero-order valence-corrected chi connectivity index (χ0v) is 18.9. The molecule has 1 aliphatic rings. The summed E-state index contributed by atoms with van der Waals surface area (Å²) in [6.07, 6.45) is 0.397. The van der Waals surface area contributed by atoms with E-state index in [4.69, 9.17) is 4.74 Å². The van der Waals surface area contributed by atoms with E-state index in [0.29, 0.717) is 25.2 Å². The van der Waals surface area contributed by atoms with Crippen LogP contribution in [0.25, 0.3) is 0 Å². The molecule has 2 heterocycles. The highest BCUT2D eigenvalue weighted by Crippen LogP contribution is 2.23. The molecular formula is C19H23BrN2O4S2.